The van der Waals surface area contributed by atoms with Crippen molar-refractivity contribution >= 4 is 16.8 Å². The molecule has 0 unspecified atom stereocenters. The molecule has 8 nitrogen and oxygen atoms in total. The van der Waals surface area contributed by atoms with E-state index < -0.39 is 45.9 Å². The molecule has 0 heterocycles. The molecule has 2 aliphatic carbocycles. The zero-order valence-corrected chi connectivity index (χ0v) is 29.4. The molecule has 2 aliphatic rings. The van der Waals surface area contributed by atoms with Crippen LogP contribution in [-0.2, 0) is 12.8 Å². The number of hydrogen-bond acceptors (Lipinski definition) is 5. The molecule has 0 aromatic heterocycles. The van der Waals surface area contributed by atoms with Gasteiger partial charge in [0.05, 0.1) is 35.4 Å². The Morgan fingerprint density at radius 3 is 1.33 bits per heavy atom. The molecule has 0 amide bonds. The molecule has 0 bridgehead atoms. The van der Waals surface area contributed by atoms with E-state index in [1.165, 1.54) is 30.3 Å². The molecule has 12 heteroatoms. The monoisotopic (exact) mass is 756 g/mol. The predicted octanol–water partition coefficient (Wildman–Crippen LogP) is 8.65. The predicted molar refractivity (Wildman–Crippen MR) is 201 cm³/mol. The highest BCUT2D eigenvalue weighted by atomic mass is 19.1. The fourth-order valence-electron chi connectivity index (χ4n) is 7.65. The maximum absolute atomic E-state index is 15.5. The first-order valence-electron chi connectivity index (χ1n) is 16.8. The number of nitriles is 5. The minimum absolute atomic E-state index is 0.0560. The Morgan fingerprint density at radius 2 is 0.948 bits per heavy atom. The van der Waals surface area contributed by atoms with Gasteiger partial charge in [-0.15, -0.1) is 0 Å². The fraction of sp³-hybridized carbons (Fsp3) is 0.0435. The topological polar surface area (TPSA) is 132 Å². The van der Waals surface area contributed by atoms with Crippen LogP contribution in [0.25, 0.3) is 47.9 Å². The maximum atomic E-state index is 15.5. The van der Waals surface area contributed by atoms with Crippen molar-refractivity contribution in [1.29, 1.82) is 26.3 Å². The number of rotatable bonds is 4. The van der Waals surface area contributed by atoms with Crippen LogP contribution < -0.4 is 10.4 Å². The molecule has 5 aromatic carbocycles. The third-order valence-electron chi connectivity index (χ3n) is 9.99. The minimum Gasteiger partial charge on any atom is -0.232 e. The van der Waals surface area contributed by atoms with E-state index in [9.17, 15) is 26.3 Å². The molecular weight excluding hydrogens is 741 g/mol. The van der Waals surface area contributed by atoms with Crippen molar-refractivity contribution in [3.05, 3.63) is 202 Å². The van der Waals surface area contributed by atoms with Gasteiger partial charge < -0.3 is 0 Å². The van der Waals surface area contributed by atoms with Gasteiger partial charge in [-0.05, 0) is 127 Å². The second kappa shape index (κ2) is 14.7. The van der Waals surface area contributed by atoms with Crippen LogP contribution in [-0.4, -0.2) is 0 Å². The largest absolute Gasteiger partial charge is 0.523 e. The van der Waals surface area contributed by atoms with E-state index >= 15 is 17.6 Å². The van der Waals surface area contributed by atoms with Crippen molar-refractivity contribution in [3.63, 3.8) is 0 Å². The van der Waals surface area contributed by atoms with Crippen LogP contribution in [0.4, 0.5) is 23.2 Å². The van der Waals surface area contributed by atoms with Crippen LogP contribution >= 0.6 is 0 Å². The van der Waals surface area contributed by atoms with Gasteiger partial charge in [0.15, 0.2) is 0 Å². The average Bonchev–Trinajstić information content (AvgIpc) is 3.80. The summed E-state index contributed by atoms with van der Waals surface area (Å²) >= 11 is 0. The van der Waals surface area contributed by atoms with Crippen molar-refractivity contribution < 1.29 is 17.6 Å². The van der Waals surface area contributed by atoms with E-state index in [4.69, 9.17) is 19.7 Å². The zero-order valence-electron chi connectivity index (χ0n) is 29.4. The highest BCUT2D eigenvalue weighted by molar-refractivity contribution is 5.98. The molecule has 58 heavy (non-hydrogen) atoms. The lowest BCUT2D eigenvalue weighted by molar-refractivity contribution is 0.576. The molecule has 7 rings (SSSR count). The van der Waals surface area contributed by atoms with Crippen LogP contribution in [0.1, 0.15) is 38.9 Å². The van der Waals surface area contributed by atoms with Gasteiger partial charge in [-0.25, -0.2) is 22.4 Å². The van der Waals surface area contributed by atoms with Crippen LogP contribution in [0.3, 0.4) is 0 Å². The van der Waals surface area contributed by atoms with Crippen molar-refractivity contribution in [2.24, 2.45) is 0 Å². The van der Waals surface area contributed by atoms with Gasteiger partial charge in [0, 0.05) is 6.42 Å². The summed E-state index contributed by atoms with van der Waals surface area (Å²) in [5.74, 6) is -5.27. The number of benzene rings is 5. The quantitative estimate of drug-likeness (QED) is 0.103. The average molecular weight is 757 g/mol. The smallest absolute Gasteiger partial charge is 0.232 e. The standard InChI is InChI=1S/C46H16F4N8/c1-56-45-37(49)14-28(15-38(45)50)42-33(46(57-2)58-3)17-32-40(26-10-6-24(19-52)7-11-26)43-31(39(44(32)42)25-8-4-23(18-51)5-9-25)16-30(29(20-53)21-54)41(43)27-12-35(47)34(22-55)36(48)13-27/h4-15H,16-17H2. The summed E-state index contributed by atoms with van der Waals surface area (Å²) in [7, 11) is 0. The second-order valence-corrected chi connectivity index (χ2v) is 12.9. The summed E-state index contributed by atoms with van der Waals surface area (Å²) in [5.41, 5.74) is 0.634. The highest BCUT2D eigenvalue weighted by Gasteiger charge is 2.37. The molecule has 0 atom stereocenters. The first-order valence-corrected chi connectivity index (χ1v) is 16.8. The zero-order chi connectivity index (χ0) is 41.4. The Hall–Kier alpha value is -9.04. The summed E-state index contributed by atoms with van der Waals surface area (Å²) in [6.07, 6.45) is -0.434. The lowest BCUT2D eigenvalue weighted by Gasteiger charge is -2.18. The molecule has 0 saturated carbocycles. The number of fused-ring (bicyclic) bond motifs is 2. The number of hydrogen-bond donors (Lipinski definition) is 0. The SMILES string of the molecule is [C-]#[N+]C([N+]#[C-])=C1Cc2c(-c3ccc(C#N)cc3)c3c(c(-c4ccc(C#N)cc4)c2=C1c1cc(F)c([N+]#[C-])c(F)c1)CC(=C(C#N)C#N)C=3c1cc(F)c(C#N)c(F)c1. The Kier molecular flexibility index (Phi) is 9.42. The minimum atomic E-state index is -1.21. The first-order chi connectivity index (χ1) is 28.1. The van der Waals surface area contributed by atoms with Gasteiger partial charge >= 0.3 is 5.82 Å². The Balaban J connectivity index is 1.87. The van der Waals surface area contributed by atoms with Gasteiger partial charge in [-0.3, -0.25) is 0 Å². The normalized spacial score (nSPS) is 12.1. The summed E-state index contributed by atoms with van der Waals surface area (Å²) in [6, 6.07) is 25.5. The summed E-state index contributed by atoms with van der Waals surface area (Å²) in [6.45, 7) is 23.2. The molecule has 5 aromatic rings. The van der Waals surface area contributed by atoms with Crippen molar-refractivity contribution in [2.75, 3.05) is 0 Å². The Labute approximate surface area is 327 Å². The van der Waals surface area contributed by atoms with Crippen LogP contribution in [0.2, 0.25) is 0 Å². The molecular formula is C46H16F4N8. The van der Waals surface area contributed by atoms with E-state index in [1.54, 1.807) is 24.3 Å². The van der Waals surface area contributed by atoms with E-state index in [2.05, 4.69) is 14.5 Å². The summed E-state index contributed by atoms with van der Waals surface area (Å²) < 4.78 is 62.1. The molecule has 0 spiro atoms. The van der Waals surface area contributed by atoms with Gasteiger partial charge in [-0.2, -0.15) is 36.0 Å². The highest BCUT2D eigenvalue weighted by Crippen LogP contribution is 2.43. The van der Waals surface area contributed by atoms with Crippen molar-refractivity contribution in [2.45, 2.75) is 12.8 Å². The molecule has 0 radical (unpaired) electrons. The van der Waals surface area contributed by atoms with E-state index in [1.807, 2.05) is 24.3 Å². The van der Waals surface area contributed by atoms with E-state index in [0.29, 0.717) is 33.4 Å². The van der Waals surface area contributed by atoms with E-state index in [-0.39, 0.29) is 67.8 Å². The third kappa shape index (κ3) is 5.78. The van der Waals surface area contributed by atoms with Gasteiger partial charge in [0.2, 0.25) is 0 Å². The van der Waals surface area contributed by atoms with Gasteiger partial charge in [-0.1, -0.05) is 24.3 Å². The van der Waals surface area contributed by atoms with Crippen molar-refractivity contribution in [3.8, 4) is 52.6 Å². The van der Waals surface area contributed by atoms with Gasteiger partial charge in [0.25, 0.3) is 5.69 Å². The van der Waals surface area contributed by atoms with E-state index in [0.717, 1.165) is 24.3 Å². The van der Waals surface area contributed by atoms with Crippen LogP contribution in [0.15, 0.2) is 95.3 Å². The maximum Gasteiger partial charge on any atom is 0.523 e. The van der Waals surface area contributed by atoms with Crippen molar-refractivity contribution in [1.82, 2.24) is 0 Å². The van der Waals surface area contributed by atoms with Gasteiger partial charge in [0.1, 0.15) is 65.8 Å². The van der Waals surface area contributed by atoms with Crippen LogP contribution in [0, 0.1) is 99.6 Å². The number of halogens is 4. The summed E-state index contributed by atoms with van der Waals surface area (Å²) in [5, 5.41) is 49.9. The fourth-order valence-corrected chi connectivity index (χ4v) is 7.65. The third-order valence-corrected chi connectivity index (χ3v) is 9.99. The molecule has 0 N–H and O–H groups in total. The molecule has 268 valence electrons. The first kappa shape index (κ1) is 37.3. The molecule has 0 aliphatic heterocycles. The number of allylic oxidation sites excluding steroid dienone is 3. The molecule has 0 saturated heterocycles. The summed E-state index contributed by atoms with van der Waals surface area (Å²) in [4.78, 5) is 9.89. The Morgan fingerprint density at radius 1 is 0.534 bits per heavy atom. The lowest BCUT2D eigenvalue weighted by atomic mass is 9.85. The lowest BCUT2D eigenvalue weighted by Crippen LogP contribution is -2.25. The second-order valence-electron chi connectivity index (χ2n) is 12.9. The Bertz CT molecular complexity index is 2980. The molecule has 0 fully saturated rings. The van der Waals surface area contributed by atoms with Crippen LogP contribution in [0.5, 0.6) is 0 Å². The number of nitrogens with zero attached hydrogens (tertiary/aromatic N) is 8.